The second-order valence-corrected chi connectivity index (χ2v) is 8.09. The van der Waals surface area contributed by atoms with E-state index in [1.807, 2.05) is 61.0 Å². The highest BCUT2D eigenvalue weighted by atomic mass is 16.5. The van der Waals surface area contributed by atoms with Gasteiger partial charge in [-0.05, 0) is 55.3 Å². The number of benzene rings is 2. The van der Waals surface area contributed by atoms with Gasteiger partial charge in [-0.1, -0.05) is 18.2 Å². The van der Waals surface area contributed by atoms with E-state index < -0.39 is 0 Å². The normalized spacial score (nSPS) is 11.7. The number of rotatable bonds is 9. The molecule has 0 saturated carbocycles. The zero-order chi connectivity index (χ0) is 24.9. The monoisotopic (exact) mass is 475 g/mol. The van der Waals surface area contributed by atoms with E-state index in [1.165, 1.54) is 0 Å². The molecule has 8 nitrogen and oxygen atoms in total. The zero-order valence-corrected chi connectivity index (χ0v) is 20.5. The van der Waals surface area contributed by atoms with E-state index in [4.69, 9.17) is 18.9 Å². The lowest BCUT2D eigenvalue weighted by molar-refractivity contribution is 0.0935. The Bertz CT molecular complexity index is 1320. The molecule has 1 N–H and O–H groups in total. The fourth-order valence-electron chi connectivity index (χ4n) is 3.91. The molecule has 0 aliphatic heterocycles. The van der Waals surface area contributed by atoms with Crippen molar-refractivity contribution in [3.8, 4) is 23.0 Å². The van der Waals surface area contributed by atoms with E-state index in [-0.39, 0.29) is 18.6 Å². The molecular formula is C27H29N3O5. The first kappa shape index (κ1) is 23.9. The first-order chi connectivity index (χ1) is 16.9. The number of pyridine rings is 1. The second-order valence-electron chi connectivity index (χ2n) is 8.09. The van der Waals surface area contributed by atoms with Gasteiger partial charge in [-0.25, -0.2) is 4.98 Å². The topological polar surface area (TPSA) is 83.3 Å². The Morgan fingerprint density at radius 1 is 1.00 bits per heavy atom. The fraction of sp³-hybridized carbons (Fsp3) is 0.259. The number of amides is 1. The average Bonchev–Trinajstić information content (AvgIpc) is 3.31. The molecule has 0 fully saturated rings. The van der Waals surface area contributed by atoms with Gasteiger partial charge in [0.25, 0.3) is 5.91 Å². The molecule has 1 atom stereocenters. The molecule has 8 heteroatoms. The van der Waals surface area contributed by atoms with Gasteiger partial charge < -0.3 is 28.7 Å². The highest BCUT2D eigenvalue weighted by molar-refractivity contribution is 5.97. The molecule has 4 aromatic rings. The summed E-state index contributed by atoms with van der Waals surface area (Å²) in [5, 5.41) is 3.03. The van der Waals surface area contributed by atoms with E-state index >= 15 is 0 Å². The molecule has 182 valence electrons. The third-order valence-corrected chi connectivity index (χ3v) is 5.77. The second kappa shape index (κ2) is 10.4. The van der Waals surface area contributed by atoms with Gasteiger partial charge in [0.05, 0.1) is 38.6 Å². The minimum absolute atomic E-state index is 0.244. The van der Waals surface area contributed by atoms with Crippen LogP contribution in [0.2, 0.25) is 0 Å². The van der Waals surface area contributed by atoms with E-state index in [9.17, 15) is 4.79 Å². The summed E-state index contributed by atoms with van der Waals surface area (Å²) in [5.41, 5.74) is 3.99. The van der Waals surface area contributed by atoms with Crippen LogP contribution in [0.4, 0.5) is 0 Å². The van der Waals surface area contributed by atoms with Crippen molar-refractivity contribution in [2.45, 2.75) is 26.5 Å². The van der Waals surface area contributed by atoms with Crippen molar-refractivity contribution >= 4 is 11.6 Å². The van der Waals surface area contributed by atoms with Crippen LogP contribution >= 0.6 is 0 Å². The first-order valence-electron chi connectivity index (χ1n) is 11.2. The van der Waals surface area contributed by atoms with Crippen LogP contribution < -0.4 is 24.3 Å². The number of aryl methyl sites for hydroxylation is 1. The number of para-hydroxylation sites is 1. The third kappa shape index (κ3) is 5.01. The Balaban J connectivity index is 1.51. The zero-order valence-electron chi connectivity index (χ0n) is 20.5. The lowest BCUT2D eigenvalue weighted by Crippen LogP contribution is -2.27. The van der Waals surface area contributed by atoms with Crippen molar-refractivity contribution in [3.63, 3.8) is 0 Å². The van der Waals surface area contributed by atoms with Crippen LogP contribution in [0, 0.1) is 6.92 Å². The number of hydrogen-bond donors (Lipinski definition) is 1. The molecule has 2 aromatic carbocycles. The number of nitrogens with zero attached hydrogens (tertiary/aromatic N) is 2. The van der Waals surface area contributed by atoms with Crippen LogP contribution in [-0.2, 0) is 6.61 Å². The predicted octanol–water partition coefficient (Wildman–Crippen LogP) is 4.74. The summed E-state index contributed by atoms with van der Waals surface area (Å²) in [5.74, 6) is 1.77. The van der Waals surface area contributed by atoms with Gasteiger partial charge in [-0.3, -0.25) is 4.79 Å². The Hall–Kier alpha value is -4.20. The smallest absolute Gasteiger partial charge is 0.255 e. The highest BCUT2D eigenvalue weighted by Crippen LogP contribution is 2.39. The van der Waals surface area contributed by atoms with Gasteiger partial charge in [0.15, 0.2) is 11.5 Å². The summed E-state index contributed by atoms with van der Waals surface area (Å²) in [6, 6.07) is 14.5. The number of aromatic nitrogens is 2. The number of nitrogens with one attached hydrogen (secondary N) is 1. The van der Waals surface area contributed by atoms with Crippen molar-refractivity contribution in [2.75, 3.05) is 21.3 Å². The Morgan fingerprint density at radius 2 is 1.71 bits per heavy atom. The maximum Gasteiger partial charge on any atom is 0.255 e. The molecule has 2 aromatic heterocycles. The Kier molecular flexibility index (Phi) is 7.10. The fourth-order valence-corrected chi connectivity index (χ4v) is 3.91. The van der Waals surface area contributed by atoms with Crippen LogP contribution in [0.5, 0.6) is 23.0 Å². The molecule has 0 spiro atoms. The van der Waals surface area contributed by atoms with E-state index in [0.29, 0.717) is 28.6 Å². The Morgan fingerprint density at radius 3 is 2.37 bits per heavy atom. The molecule has 1 unspecified atom stereocenters. The summed E-state index contributed by atoms with van der Waals surface area (Å²) >= 11 is 0. The number of carbonyl (C=O) groups excluding carboxylic acids is 1. The van der Waals surface area contributed by atoms with Crippen LogP contribution in [0.15, 0.2) is 60.9 Å². The third-order valence-electron chi connectivity index (χ3n) is 5.77. The summed E-state index contributed by atoms with van der Waals surface area (Å²) < 4.78 is 24.2. The summed E-state index contributed by atoms with van der Waals surface area (Å²) in [4.78, 5) is 17.8. The molecule has 2 heterocycles. The van der Waals surface area contributed by atoms with Crippen molar-refractivity contribution in [3.05, 3.63) is 83.3 Å². The first-order valence-corrected chi connectivity index (χ1v) is 11.2. The van der Waals surface area contributed by atoms with Gasteiger partial charge in [-0.15, -0.1) is 0 Å². The van der Waals surface area contributed by atoms with Crippen molar-refractivity contribution in [1.82, 2.24) is 14.7 Å². The lowest BCUT2D eigenvalue weighted by atomic mass is 10.1. The minimum Gasteiger partial charge on any atom is -0.493 e. The largest absolute Gasteiger partial charge is 0.493 e. The van der Waals surface area contributed by atoms with Gasteiger partial charge in [0, 0.05) is 12.4 Å². The van der Waals surface area contributed by atoms with Gasteiger partial charge in [0.2, 0.25) is 5.75 Å². The number of methoxy groups -OCH3 is 3. The lowest BCUT2D eigenvalue weighted by Gasteiger charge is -2.19. The number of hydrogen-bond acceptors (Lipinski definition) is 6. The number of fused-ring (bicyclic) bond motifs is 1. The highest BCUT2D eigenvalue weighted by Gasteiger charge is 2.20. The SMILES string of the molecule is COc1cc(C(C)NC(=O)c2ccccc2OCc2cn3cccc(C)c3n2)cc(OC)c1OC. The van der Waals surface area contributed by atoms with Crippen molar-refractivity contribution < 1.29 is 23.7 Å². The predicted molar refractivity (Wildman–Crippen MR) is 133 cm³/mol. The summed E-state index contributed by atoms with van der Waals surface area (Å²) in [7, 11) is 4.67. The molecule has 4 rings (SSSR count). The maximum absolute atomic E-state index is 13.2. The molecule has 0 saturated heterocycles. The maximum atomic E-state index is 13.2. The van der Waals surface area contributed by atoms with Crippen LogP contribution in [0.3, 0.4) is 0 Å². The molecule has 1 amide bonds. The van der Waals surface area contributed by atoms with Crippen LogP contribution in [-0.4, -0.2) is 36.6 Å². The van der Waals surface area contributed by atoms with Crippen LogP contribution in [0.1, 0.15) is 40.1 Å². The van der Waals surface area contributed by atoms with Gasteiger partial charge in [0.1, 0.15) is 18.0 Å². The summed E-state index contributed by atoms with van der Waals surface area (Å²) in [6.45, 7) is 4.15. The van der Waals surface area contributed by atoms with Crippen molar-refractivity contribution in [1.29, 1.82) is 0 Å². The van der Waals surface area contributed by atoms with Crippen molar-refractivity contribution in [2.24, 2.45) is 0 Å². The molecule has 0 aliphatic rings. The molecule has 0 aliphatic carbocycles. The average molecular weight is 476 g/mol. The number of imidazole rings is 1. The molecular weight excluding hydrogens is 446 g/mol. The standard InChI is InChI=1S/C27H29N3O5/c1-17-9-8-12-30-15-20(29-26(17)30)16-35-22-11-7-6-10-21(22)27(31)28-18(2)19-13-23(32-3)25(34-5)24(14-19)33-4/h6-15,18H,16H2,1-5H3,(H,28,31). The minimum atomic E-state index is -0.328. The van der Waals surface area contributed by atoms with E-state index in [0.717, 1.165) is 22.5 Å². The van der Waals surface area contributed by atoms with E-state index in [1.54, 1.807) is 39.5 Å². The van der Waals surface area contributed by atoms with Gasteiger partial charge in [-0.2, -0.15) is 0 Å². The number of carbonyl (C=O) groups is 1. The quantitative estimate of drug-likeness (QED) is 0.377. The Labute approximate surface area is 204 Å². The van der Waals surface area contributed by atoms with E-state index in [2.05, 4.69) is 10.3 Å². The molecule has 35 heavy (non-hydrogen) atoms. The summed E-state index contributed by atoms with van der Waals surface area (Å²) in [6.07, 6.45) is 3.88. The molecule has 0 bridgehead atoms. The van der Waals surface area contributed by atoms with Crippen LogP contribution in [0.25, 0.3) is 5.65 Å². The molecule has 0 radical (unpaired) electrons. The van der Waals surface area contributed by atoms with Gasteiger partial charge >= 0.3 is 0 Å². The number of ether oxygens (including phenoxy) is 4.